The van der Waals surface area contributed by atoms with Crippen LogP contribution in [0, 0.1) is 5.92 Å². The molecule has 5 nitrogen and oxygen atoms in total. The summed E-state index contributed by atoms with van der Waals surface area (Å²) in [5.74, 6) is -0.615. The fraction of sp³-hybridized carbons (Fsp3) is 0.300. The van der Waals surface area contributed by atoms with E-state index in [0.29, 0.717) is 0 Å². The third-order valence-electron chi connectivity index (χ3n) is 3.70. The summed E-state index contributed by atoms with van der Waals surface area (Å²) in [6.07, 6.45) is -0.645. The van der Waals surface area contributed by atoms with Crippen molar-refractivity contribution in [1.29, 1.82) is 0 Å². The van der Waals surface area contributed by atoms with Crippen molar-refractivity contribution in [2.24, 2.45) is 5.92 Å². The molecule has 0 radical (unpaired) electrons. The van der Waals surface area contributed by atoms with Gasteiger partial charge in [-0.1, -0.05) is 72.2 Å². The van der Waals surface area contributed by atoms with E-state index < -0.39 is 18.1 Å². The Bertz CT molecular complexity index is 716. The Kier molecular flexibility index (Phi) is 7.66. The summed E-state index contributed by atoms with van der Waals surface area (Å²) in [6.45, 7) is 3.97. The highest BCUT2D eigenvalue weighted by Crippen LogP contribution is 2.12. The van der Waals surface area contributed by atoms with Crippen LogP contribution < -0.4 is 5.32 Å². The van der Waals surface area contributed by atoms with E-state index in [4.69, 9.17) is 9.47 Å². The van der Waals surface area contributed by atoms with Crippen LogP contribution in [0.3, 0.4) is 0 Å². The number of amides is 1. The van der Waals surface area contributed by atoms with Crippen LogP contribution in [0.2, 0.25) is 0 Å². The molecule has 6 heteroatoms. The maximum Gasteiger partial charge on any atom is 0.408 e. The number of nitrogens with one attached hydrogen (secondary N) is 1. The molecule has 0 aliphatic rings. The summed E-state index contributed by atoms with van der Waals surface area (Å²) in [7, 11) is 0. The predicted octanol–water partition coefficient (Wildman–Crippen LogP) is 4.44. The SMILES string of the molecule is CC(C)[C@H](NC(=O)OCc1ccccc1)C(=O)OCc1ccc(Br)cc1. The van der Waals surface area contributed by atoms with Crippen molar-refractivity contribution in [1.82, 2.24) is 5.32 Å². The third kappa shape index (κ3) is 6.52. The molecule has 0 aliphatic carbocycles. The van der Waals surface area contributed by atoms with Crippen molar-refractivity contribution in [3.05, 3.63) is 70.2 Å². The summed E-state index contributed by atoms with van der Waals surface area (Å²) in [5.41, 5.74) is 1.75. The van der Waals surface area contributed by atoms with Gasteiger partial charge in [0.2, 0.25) is 0 Å². The molecule has 0 aliphatic heterocycles. The van der Waals surface area contributed by atoms with Gasteiger partial charge in [0.25, 0.3) is 0 Å². The van der Waals surface area contributed by atoms with Gasteiger partial charge < -0.3 is 14.8 Å². The van der Waals surface area contributed by atoms with Gasteiger partial charge in [0.05, 0.1) is 0 Å². The Morgan fingerprint density at radius 1 is 0.923 bits per heavy atom. The molecule has 1 atom stereocenters. The summed E-state index contributed by atoms with van der Waals surface area (Å²) < 4.78 is 11.5. The van der Waals surface area contributed by atoms with Crippen molar-refractivity contribution >= 4 is 28.0 Å². The highest BCUT2D eigenvalue weighted by molar-refractivity contribution is 9.10. The van der Waals surface area contributed by atoms with Crippen molar-refractivity contribution in [2.75, 3.05) is 0 Å². The standard InChI is InChI=1S/C20H22BrNO4/c1-14(2)18(19(23)25-12-16-8-10-17(21)11-9-16)22-20(24)26-13-15-6-4-3-5-7-15/h3-11,14,18H,12-13H2,1-2H3,(H,22,24)/t18-/m0/s1. The van der Waals surface area contributed by atoms with E-state index in [1.165, 1.54) is 0 Å². The minimum atomic E-state index is -0.770. The first-order valence-corrected chi connectivity index (χ1v) is 9.13. The summed E-state index contributed by atoms with van der Waals surface area (Å²) in [4.78, 5) is 24.3. The Morgan fingerprint density at radius 3 is 2.12 bits per heavy atom. The number of alkyl carbamates (subject to hydrolysis) is 1. The Balaban J connectivity index is 1.85. The third-order valence-corrected chi connectivity index (χ3v) is 4.23. The van der Waals surface area contributed by atoms with Crippen molar-refractivity contribution in [2.45, 2.75) is 33.1 Å². The van der Waals surface area contributed by atoms with Crippen LogP contribution >= 0.6 is 15.9 Å². The van der Waals surface area contributed by atoms with Gasteiger partial charge in [-0.2, -0.15) is 0 Å². The first-order valence-electron chi connectivity index (χ1n) is 8.34. The molecule has 0 heterocycles. The van der Waals surface area contributed by atoms with Gasteiger partial charge >= 0.3 is 12.1 Å². The molecule has 1 amide bonds. The minimum Gasteiger partial charge on any atom is -0.459 e. The number of esters is 1. The van der Waals surface area contributed by atoms with Gasteiger partial charge in [0.15, 0.2) is 0 Å². The lowest BCUT2D eigenvalue weighted by atomic mass is 10.1. The molecule has 2 rings (SSSR count). The van der Waals surface area contributed by atoms with E-state index in [0.717, 1.165) is 15.6 Å². The maximum absolute atomic E-state index is 12.3. The number of carbonyl (C=O) groups is 2. The molecule has 0 saturated heterocycles. The second-order valence-electron chi connectivity index (χ2n) is 6.16. The molecule has 0 bridgehead atoms. The average Bonchev–Trinajstić information content (AvgIpc) is 2.64. The van der Waals surface area contributed by atoms with Gasteiger partial charge in [0, 0.05) is 4.47 Å². The second kappa shape index (κ2) is 9.97. The molecule has 138 valence electrons. The maximum atomic E-state index is 12.3. The molecule has 2 aromatic rings. The van der Waals surface area contributed by atoms with Gasteiger partial charge in [0.1, 0.15) is 19.3 Å². The lowest BCUT2D eigenvalue weighted by Crippen LogP contribution is -2.45. The fourth-order valence-corrected chi connectivity index (χ4v) is 2.48. The van der Waals surface area contributed by atoms with Crippen molar-refractivity contribution in [3.63, 3.8) is 0 Å². The highest BCUT2D eigenvalue weighted by Gasteiger charge is 2.26. The zero-order valence-corrected chi connectivity index (χ0v) is 16.4. The molecule has 0 fully saturated rings. The van der Waals surface area contributed by atoms with E-state index in [1.54, 1.807) is 0 Å². The largest absolute Gasteiger partial charge is 0.459 e. The second-order valence-corrected chi connectivity index (χ2v) is 7.08. The number of rotatable bonds is 7. The topological polar surface area (TPSA) is 64.6 Å². The fourth-order valence-electron chi connectivity index (χ4n) is 2.21. The van der Waals surface area contributed by atoms with Crippen LogP contribution in [0.5, 0.6) is 0 Å². The quantitative estimate of drug-likeness (QED) is 0.673. The molecule has 0 aromatic heterocycles. The normalized spacial score (nSPS) is 11.7. The number of hydrogen-bond donors (Lipinski definition) is 1. The average molecular weight is 420 g/mol. The molecule has 26 heavy (non-hydrogen) atoms. The molecule has 0 saturated carbocycles. The molecule has 0 unspecified atom stereocenters. The molecular weight excluding hydrogens is 398 g/mol. The number of halogens is 1. The van der Waals surface area contributed by atoms with E-state index >= 15 is 0 Å². The minimum absolute atomic E-state index is 0.128. The number of benzene rings is 2. The Labute approximate surface area is 161 Å². The van der Waals surface area contributed by atoms with Crippen LogP contribution in [0.1, 0.15) is 25.0 Å². The lowest BCUT2D eigenvalue weighted by Gasteiger charge is -2.20. The molecule has 0 spiro atoms. The molecular formula is C20H22BrNO4. The van der Waals surface area contributed by atoms with Gasteiger partial charge in [-0.15, -0.1) is 0 Å². The summed E-state index contributed by atoms with van der Waals surface area (Å²) in [5, 5.41) is 2.59. The first-order chi connectivity index (χ1) is 12.5. The van der Waals surface area contributed by atoms with Crippen LogP contribution in [0.25, 0.3) is 0 Å². The zero-order valence-electron chi connectivity index (χ0n) is 14.8. The smallest absolute Gasteiger partial charge is 0.408 e. The summed E-state index contributed by atoms with van der Waals surface area (Å²) in [6, 6.07) is 16.1. The van der Waals surface area contributed by atoms with Gasteiger partial charge in [-0.25, -0.2) is 9.59 Å². The number of carbonyl (C=O) groups excluding carboxylic acids is 2. The Morgan fingerprint density at radius 2 is 1.50 bits per heavy atom. The molecule has 1 N–H and O–H groups in total. The van der Waals surface area contributed by atoms with Crippen molar-refractivity contribution < 1.29 is 19.1 Å². The van der Waals surface area contributed by atoms with E-state index in [2.05, 4.69) is 21.2 Å². The Hall–Kier alpha value is -2.34. The monoisotopic (exact) mass is 419 g/mol. The predicted molar refractivity (Wildman–Crippen MR) is 102 cm³/mol. The van der Waals surface area contributed by atoms with Crippen LogP contribution in [0.4, 0.5) is 4.79 Å². The van der Waals surface area contributed by atoms with Gasteiger partial charge in [-0.05, 0) is 29.2 Å². The highest BCUT2D eigenvalue weighted by atomic mass is 79.9. The number of hydrogen-bond acceptors (Lipinski definition) is 4. The number of ether oxygens (including phenoxy) is 2. The first kappa shape index (κ1) is 20.0. The van der Waals surface area contributed by atoms with Crippen LogP contribution in [-0.4, -0.2) is 18.1 Å². The van der Waals surface area contributed by atoms with Gasteiger partial charge in [-0.3, -0.25) is 0 Å². The van der Waals surface area contributed by atoms with E-state index in [9.17, 15) is 9.59 Å². The van der Waals surface area contributed by atoms with Crippen molar-refractivity contribution in [3.8, 4) is 0 Å². The van der Waals surface area contributed by atoms with E-state index in [1.807, 2.05) is 68.4 Å². The lowest BCUT2D eigenvalue weighted by molar-refractivity contribution is -0.148. The summed E-state index contributed by atoms with van der Waals surface area (Å²) >= 11 is 3.36. The molecule has 2 aromatic carbocycles. The zero-order chi connectivity index (χ0) is 18.9. The van der Waals surface area contributed by atoms with Crippen LogP contribution in [-0.2, 0) is 27.5 Å². The van der Waals surface area contributed by atoms with E-state index in [-0.39, 0.29) is 19.1 Å². The van der Waals surface area contributed by atoms with Crippen LogP contribution in [0.15, 0.2) is 59.1 Å².